The van der Waals surface area contributed by atoms with E-state index in [4.69, 9.17) is 14.2 Å². The molecule has 0 saturated carbocycles. The summed E-state index contributed by atoms with van der Waals surface area (Å²) in [7, 11) is 0. The molecule has 0 fully saturated rings. The molecule has 2 heterocycles. The molecule has 1 aliphatic rings. The molecule has 38 heavy (non-hydrogen) atoms. The number of fused-ring (bicyclic) bond motifs is 1. The van der Waals surface area contributed by atoms with Gasteiger partial charge in [0.15, 0.2) is 6.10 Å². The maximum Gasteiger partial charge on any atom is 0.340 e. The SMILES string of the molecule is CCOC(=O)C(OC(C)(C)C)c1c(C)sc(-c2ccc(CNC(C)=O)cc2)c1-c1ccc2c(c1)CCCO2. The van der Waals surface area contributed by atoms with Gasteiger partial charge in [0.05, 0.1) is 18.8 Å². The van der Waals surface area contributed by atoms with Crippen LogP contribution in [-0.4, -0.2) is 30.7 Å². The van der Waals surface area contributed by atoms with Gasteiger partial charge in [-0.15, -0.1) is 11.3 Å². The summed E-state index contributed by atoms with van der Waals surface area (Å²) in [5, 5.41) is 2.85. The Balaban J connectivity index is 1.88. The fourth-order valence-corrected chi connectivity index (χ4v) is 5.88. The van der Waals surface area contributed by atoms with Gasteiger partial charge in [0.25, 0.3) is 0 Å². The molecule has 6 nitrogen and oxygen atoms in total. The molecule has 2 aromatic carbocycles. The van der Waals surface area contributed by atoms with Gasteiger partial charge in [0.2, 0.25) is 5.91 Å². The minimum atomic E-state index is -0.860. The summed E-state index contributed by atoms with van der Waals surface area (Å²) in [6.45, 7) is 12.7. The fraction of sp³-hybridized carbons (Fsp3) is 0.419. The Bertz CT molecular complexity index is 1300. The van der Waals surface area contributed by atoms with E-state index in [2.05, 4.69) is 29.6 Å². The highest BCUT2D eigenvalue weighted by Gasteiger charge is 2.35. The average Bonchev–Trinajstić information content (AvgIpc) is 3.22. The second-order valence-electron chi connectivity index (χ2n) is 10.5. The molecule has 0 bridgehead atoms. The van der Waals surface area contributed by atoms with E-state index in [0.717, 1.165) is 62.8 Å². The molecular weight excluding hydrogens is 498 g/mol. The molecule has 1 aromatic heterocycles. The number of thiophene rings is 1. The average molecular weight is 536 g/mol. The third-order valence-electron chi connectivity index (χ3n) is 6.32. The lowest BCUT2D eigenvalue weighted by atomic mass is 9.91. The Morgan fingerprint density at radius 1 is 1.11 bits per heavy atom. The Hall–Kier alpha value is -3.16. The van der Waals surface area contributed by atoms with Gasteiger partial charge in [-0.25, -0.2) is 4.79 Å². The van der Waals surface area contributed by atoms with Gasteiger partial charge >= 0.3 is 5.97 Å². The summed E-state index contributed by atoms with van der Waals surface area (Å²) in [6.07, 6.45) is 1.07. The Morgan fingerprint density at radius 3 is 2.47 bits per heavy atom. The lowest BCUT2D eigenvalue weighted by Gasteiger charge is -2.27. The molecule has 0 spiro atoms. The third-order valence-corrected chi connectivity index (χ3v) is 7.49. The zero-order chi connectivity index (χ0) is 27.4. The predicted octanol–water partition coefficient (Wildman–Crippen LogP) is 6.77. The van der Waals surface area contributed by atoms with Gasteiger partial charge in [0, 0.05) is 34.3 Å². The van der Waals surface area contributed by atoms with Crippen LogP contribution in [0.4, 0.5) is 0 Å². The predicted molar refractivity (Wildman–Crippen MR) is 151 cm³/mol. The molecule has 3 aromatic rings. The first-order valence-electron chi connectivity index (χ1n) is 13.1. The highest BCUT2D eigenvalue weighted by molar-refractivity contribution is 7.16. The van der Waals surface area contributed by atoms with Crippen molar-refractivity contribution >= 4 is 23.2 Å². The third kappa shape index (κ3) is 6.45. The molecule has 7 heteroatoms. The van der Waals surface area contributed by atoms with Crippen molar-refractivity contribution < 1.29 is 23.8 Å². The summed E-state index contributed by atoms with van der Waals surface area (Å²) >= 11 is 1.65. The number of carbonyl (C=O) groups is 2. The van der Waals surface area contributed by atoms with Gasteiger partial charge in [-0.3, -0.25) is 4.79 Å². The zero-order valence-corrected chi connectivity index (χ0v) is 23.9. The number of nitrogens with one attached hydrogen (secondary N) is 1. The van der Waals surface area contributed by atoms with Crippen LogP contribution in [0.1, 0.15) is 68.7 Å². The summed E-state index contributed by atoms with van der Waals surface area (Å²) in [5.74, 6) is 0.475. The van der Waals surface area contributed by atoms with Gasteiger partial charge in [-0.05, 0) is 81.8 Å². The van der Waals surface area contributed by atoms with E-state index in [-0.39, 0.29) is 18.5 Å². The van der Waals surface area contributed by atoms with Crippen LogP contribution < -0.4 is 10.1 Å². The number of ether oxygens (including phenoxy) is 3. The second-order valence-corrected chi connectivity index (χ2v) is 11.7. The molecule has 0 saturated heterocycles. The van der Waals surface area contributed by atoms with E-state index >= 15 is 0 Å². The number of hydrogen-bond donors (Lipinski definition) is 1. The normalized spacial score (nSPS) is 13.8. The van der Waals surface area contributed by atoms with E-state index in [9.17, 15) is 9.59 Å². The first-order valence-corrected chi connectivity index (χ1v) is 14.0. The van der Waals surface area contributed by atoms with E-state index in [0.29, 0.717) is 6.54 Å². The number of esters is 1. The second kappa shape index (κ2) is 11.7. The molecule has 1 unspecified atom stereocenters. The smallest absolute Gasteiger partial charge is 0.340 e. The van der Waals surface area contributed by atoms with Crippen LogP contribution in [0.15, 0.2) is 42.5 Å². The van der Waals surface area contributed by atoms with Gasteiger partial charge < -0.3 is 19.5 Å². The maximum atomic E-state index is 13.3. The van der Waals surface area contributed by atoms with E-state index in [1.54, 1.807) is 11.3 Å². The quantitative estimate of drug-likeness (QED) is 0.322. The Kier molecular flexibility index (Phi) is 8.58. The number of hydrogen-bond acceptors (Lipinski definition) is 6. The summed E-state index contributed by atoms with van der Waals surface area (Å²) in [5.41, 5.74) is 5.53. The van der Waals surface area contributed by atoms with E-state index in [1.165, 1.54) is 12.5 Å². The van der Waals surface area contributed by atoms with Crippen molar-refractivity contribution in [2.24, 2.45) is 0 Å². The lowest BCUT2D eigenvalue weighted by molar-refractivity contribution is -0.166. The first-order chi connectivity index (χ1) is 18.1. The minimum absolute atomic E-state index is 0.0601. The van der Waals surface area contributed by atoms with E-state index in [1.807, 2.05) is 52.8 Å². The monoisotopic (exact) mass is 535 g/mol. The Labute approximate surface area is 229 Å². The van der Waals surface area contributed by atoms with Crippen LogP contribution >= 0.6 is 11.3 Å². The largest absolute Gasteiger partial charge is 0.493 e. The minimum Gasteiger partial charge on any atom is -0.493 e. The summed E-state index contributed by atoms with van der Waals surface area (Å²) < 4.78 is 17.8. The van der Waals surface area contributed by atoms with Crippen molar-refractivity contribution in [3.63, 3.8) is 0 Å². The molecule has 1 aliphatic heterocycles. The van der Waals surface area contributed by atoms with Crippen molar-refractivity contribution in [3.8, 4) is 27.3 Å². The number of rotatable bonds is 8. The van der Waals surface area contributed by atoms with Crippen molar-refractivity contribution in [1.29, 1.82) is 0 Å². The zero-order valence-electron chi connectivity index (χ0n) is 23.1. The van der Waals surface area contributed by atoms with Crippen molar-refractivity contribution in [1.82, 2.24) is 5.32 Å². The summed E-state index contributed by atoms with van der Waals surface area (Å²) in [4.78, 5) is 26.7. The van der Waals surface area contributed by atoms with Crippen LogP contribution in [0, 0.1) is 6.92 Å². The molecular formula is C31H37NO5S. The fourth-order valence-electron chi connectivity index (χ4n) is 4.68. The number of aryl methyl sites for hydroxylation is 2. The number of benzene rings is 2. The van der Waals surface area contributed by atoms with Crippen molar-refractivity contribution in [2.75, 3.05) is 13.2 Å². The highest BCUT2D eigenvalue weighted by Crippen LogP contribution is 2.48. The molecule has 1 N–H and O–H groups in total. The van der Waals surface area contributed by atoms with Crippen LogP contribution in [-0.2, 0) is 32.0 Å². The van der Waals surface area contributed by atoms with Crippen molar-refractivity contribution in [3.05, 3.63) is 64.0 Å². The standard InChI is InChI=1S/C31H37NO5S/c1-7-35-30(34)28(37-31(4,5)6)26-19(2)38-29(22-12-10-21(11-13-22)18-32-20(3)33)27(26)24-14-15-25-23(17-24)9-8-16-36-25/h10-15,17,28H,7-9,16,18H2,1-6H3,(H,32,33). The first kappa shape index (κ1) is 27.9. The molecule has 0 aliphatic carbocycles. The Morgan fingerprint density at radius 2 is 1.82 bits per heavy atom. The highest BCUT2D eigenvalue weighted by atomic mass is 32.1. The van der Waals surface area contributed by atoms with Crippen LogP contribution in [0.5, 0.6) is 5.75 Å². The topological polar surface area (TPSA) is 73.9 Å². The summed E-state index contributed by atoms with van der Waals surface area (Å²) in [6, 6.07) is 14.5. The van der Waals surface area contributed by atoms with E-state index < -0.39 is 11.7 Å². The van der Waals surface area contributed by atoms with Crippen LogP contribution in [0.3, 0.4) is 0 Å². The number of carbonyl (C=O) groups excluding carboxylic acids is 2. The molecule has 0 radical (unpaired) electrons. The molecule has 4 rings (SSSR count). The maximum absolute atomic E-state index is 13.3. The van der Waals surface area contributed by atoms with Crippen LogP contribution in [0.25, 0.3) is 21.6 Å². The molecule has 1 amide bonds. The van der Waals surface area contributed by atoms with Crippen molar-refractivity contribution in [2.45, 2.75) is 72.6 Å². The molecule has 1 atom stereocenters. The number of amides is 1. The molecule has 202 valence electrons. The van der Waals surface area contributed by atoms with Gasteiger partial charge in [0.1, 0.15) is 5.75 Å². The van der Waals surface area contributed by atoms with Gasteiger partial charge in [-0.2, -0.15) is 0 Å². The van der Waals surface area contributed by atoms with Gasteiger partial charge in [-0.1, -0.05) is 30.3 Å². The lowest BCUT2D eigenvalue weighted by Crippen LogP contribution is -2.29. The van der Waals surface area contributed by atoms with Crippen LogP contribution in [0.2, 0.25) is 0 Å².